The van der Waals surface area contributed by atoms with Crippen LogP contribution < -0.4 is 10.6 Å². The summed E-state index contributed by atoms with van der Waals surface area (Å²) in [6.07, 6.45) is 1.68. The Morgan fingerprint density at radius 3 is 2.39 bits per heavy atom. The van der Waals surface area contributed by atoms with Crippen LogP contribution in [-0.4, -0.2) is 49.1 Å². The number of carbonyl (C=O) groups excluding carboxylic acids is 1. The van der Waals surface area contributed by atoms with Gasteiger partial charge in [0.25, 0.3) is 0 Å². The summed E-state index contributed by atoms with van der Waals surface area (Å²) in [6, 6.07) is 0.574. The van der Waals surface area contributed by atoms with Crippen molar-refractivity contribution in [3.05, 3.63) is 0 Å². The molecule has 2 N–H and O–H groups in total. The predicted octanol–water partition coefficient (Wildman–Crippen LogP) is 1.61. The van der Waals surface area contributed by atoms with Gasteiger partial charge in [0, 0.05) is 37.6 Å². The number of carbonyl (C=O) groups is 1. The Bertz CT molecular complexity index is 236. The smallest absolute Gasteiger partial charge is 0.221 e. The highest BCUT2D eigenvalue weighted by molar-refractivity contribution is 5.76. The third kappa shape index (κ3) is 9.42. The zero-order valence-corrected chi connectivity index (χ0v) is 13.0. The number of likely N-dealkylation sites (N-methyl/N-ethyl adjacent to an activating group) is 1. The van der Waals surface area contributed by atoms with E-state index in [2.05, 4.69) is 57.2 Å². The maximum atomic E-state index is 11.6. The monoisotopic (exact) mass is 257 g/mol. The van der Waals surface area contributed by atoms with Crippen molar-refractivity contribution in [1.82, 2.24) is 15.5 Å². The third-order valence-electron chi connectivity index (χ3n) is 3.14. The van der Waals surface area contributed by atoms with Crippen LogP contribution in [0.25, 0.3) is 0 Å². The Morgan fingerprint density at radius 2 is 1.89 bits per heavy atom. The number of rotatable bonds is 8. The van der Waals surface area contributed by atoms with E-state index in [1.807, 2.05) is 0 Å². The lowest BCUT2D eigenvalue weighted by molar-refractivity contribution is -0.121. The van der Waals surface area contributed by atoms with Crippen molar-refractivity contribution >= 4 is 5.91 Å². The first-order chi connectivity index (χ1) is 8.26. The molecule has 1 amide bonds. The average molecular weight is 257 g/mol. The summed E-state index contributed by atoms with van der Waals surface area (Å²) in [5, 5.41) is 6.27. The van der Waals surface area contributed by atoms with Crippen LogP contribution in [0.1, 0.15) is 47.5 Å². The SMILES string of the molecule is CCC(C)N(C)CCNC(=O)CCNC(C)(C)C. The molecule has 0 saturated carbocycles. The molecule has 1 unspecified atom stereocenters. The first kappa shape index (κ1) is 17.4. The molecule has 0 heterocycles. The standard InChI is InChI=1S/C14H31N3O/c1-7-12(2)17(6)11-10-15-13(18)8-9-16-14(3,4)5/h12,16H,7-11H2,1-6H3,(H,15,18). The first-order valence-electron chi connectivity index (χ1n) is 6.98. The van der Waals surface area contributed by atoms with Crippen molar-refractivity contribution in [2.24, 2.45) is 0 Å². The van der Waals surface area contributed by atoms with E-state index >= 15 is 0 Å². The summed E-state index contributed by atoms with van der Waals surface area (Å²) >= 11 is 0. The topological polar surface area (TPSA) is 44.4 Å². The van der Waals surface area contributed by atoms with E-state index in [1.165, 1.54) is 0 Å². The summed E-state index contributed by atoms with van der Waals surface area (Å²) in [5.74, 6) is 0.129. The van der Waals surface area contributed by atoms with Gasteiger partial charge in [-0.3, -0.25) is 4.79 Å². The minimum Gasteiger partial charge on any atom is -0.355 e. The Morgan fingerprint density at radius 1 is 1.28 bits per heavy atom. The van der Waals surface area contributed by atoms with E-state index in [9.17, 15) is 4.79 Å². The molecule has 0 radical (unpaired) electrons. The molecule has 0 bridgehead atoms. The van der Waals surface area contributed by atoms with Crippen LogP contribution in [0.4, 0.5) is 0 Å². The van der Waals surface area contributed by atoms with Gasteiger partial charge in [0.2, 0.25) is 5.91 Å². The number of amides is 1. The van der Waals surface area contributed by atoms with Gasteiger partial charge in [-0.1, -0.05) is 6.92 Å². The molecule has 0 rings (SSSR count). The Balaban J connectivity index is 3.60. The van der Waals surface area contributed by atoms with Gasteiger partial charge in [-0.25, -0.2) is 0 Å². The van der Waals surface area contributed by atoms with Crippen molar-refractivity contribution in [2.75, 3.05) is 26.7 Å². The van der Waals surface area contributed by atoms with Crippen LogP contribution in [0.3, 0.4) is 0 Å². The summed E-state index contributed by atoms with van der Waals surface area (Å²) < 4.78 is 0. The molecule has 0 aromatic rings. The zero-order valence-electron chi connectivity index (χ0n) is 13.0. The molecule has 0 saturated heterocycles. The van der Waals surface area contributed by atoms with Gasteiger partial charge in [0.1, 0.15) is 0 Å². The lowest BCUT2D eigenvalue weighted by Crippen LogP contribution is -2.40. The number of nitrogens with one attached hydrogen (secondary N) is 2. The van der Waals surface area contributed by atoms with Crippen molar-refractivity contribution in [1.29, 1.82) is 0 Å². The van der Waals surface area contributed by atoms with Crippen LogP contribution in [0, 0.1) is 0 Å². The van der Waals surface area contributed by atoms with E-state index in [-0.39, 0.29) is 11.4 Å². The van der Waals surface area contributed by atoms with Gasteiger partial charge in [-0.2, -0.15) is 0 Å². The van der Waals surface area contributed by atoms with Gasteiger partial charge in [0.15, 0.2) is 0 Å². The third-order valence-corrected chi connectivity index (χ3v) is 3.14. The second kappa shape index (κ2) is 8.48. The van der Waals surface area contributed by atoms with Crippen molar-refractivity contribution in [3.63, 3.8) is 0 Å². The van der Waals surface area contributed by atoms with Crippen LogP contribution in [0.2, 0.25) is 0 Å². The van der Waals surface area contributed by atoms with E-state index in [1.54, 1.807) is 0 Å². The van der Waals surface area contributed by atoms with Crippen LogP contribution >= 0.6 is 0 Å². The minimum absolute atomic E-state index is 0.0804. The second-order valence-electron chi connectivity index (χ2n) is 6.01. The highest BCUT2D eigenvalue weighted by atomic mass is 16.1. The van der Waals surface area contributed by atoms with E-state index < -0.39 is 0 Å². The second-order valence-corrected chi connectivity index (χ2v) is 6.01. The fourth-order valence-corrected chi connectivity index (χ4v) is 1.54. The minimum atomic E-state index is 0.0804. The normalized spacial score (nSPS) is 13.7. The molecule has 0 aliphatic carbocycles. The fourth-order valence-electron chi connectivity index (χ4n) is 1.54. The molecule has 0 spiro atoms. The number of hydrogen-bond donors (Lipinski definition) is 2. The highest BCUT2D eigenvalue weighted by Gasteiger charge is 2.10. The van der Waals surface area contributed by atoms with Crippen molar-refractivity contribution < 1.29 is 4.79 Å². The van der Waals surface area contributed by atoms with Gasteiger partial charge in [0.05, 0.1) is 0 Å². The lowest BCUT2D eigenvalue weighted by atomic mass is 10.1. The largest absolute Gasteiger partial charge is 0.355 e. The Labute approximate surface area is 113 Å². The molecule has 108 valence electrons. The van der Waals surface area contributed by atoms with Crippen LogP contribution in [-0.2, 0) is 4.79 Å². The van der Waals surface area contributed by atoms with Crippen molar-refractivity contribution in [3.8, 4) is 0 Å². The molecule has 18 heavy (non-hydrogen) atoms. The molecule has 0 fully saturated rings. The summed E-state index contributed by atoms with van der Waals surface area (Å²) in [6.45, 7) is 13.1. The molecule has 4 heteroatoms. The summed E-state index contributed by atoms with van der Waals surface area (Å²) in [5.41, 5.74) is 0.0804. The first-order valence-corrected chi connectivity index (χ1v) is 6.98. The molecule has 0 aliphatic heterocycles. The van der Waals surface area contributed by atoms with E-state index in [0.717, 1.165) is 26.1 Å². The molecular formula is C14H31N3O. The fraction of sp³-hybridized carbons (Fsp3) is 0.929. The molecule has 4 nitrogen and oxygen atoms in total. The molecule has 0 aromatic heterocycles. The number of hydrogen-bond acceptors (Lipinski definition) is 3. The van der Waals surface area contributed by atoms with Gasteiger partial charge >= 0.3 is 0 Å². The predicted molar refractivity (Wildman–Crippen MR) is 77.8 cm³/mol. The van der Waals surface area contributed by atoms with Gasteiger partial charge < -0.3 is 15.5 Å². The molecule has 1 atom stereocenters. The van der Waals surface area contributed by atoms with Crippen LogP contribution in [0.5, 0.6) is 0 Å². The molecule has 0 aliphatic rings. The highest BCUT2D eigenvalue weighted by Crippen LogP contribution is 1.99. The summed E-state index contributed by atoms with van der Waals surface area (Å²) in [7, 11) is 2.10. The number of nitrogens with zero attached hydrogens (tertiary/aromatic N) is 1. The van der Waals surface area contributed by atoms with Crippen LogP contribution in [0.15, 0.2) is 0 Å². The van der Waals surface area contributed by atoms with E-state index in [0.29, 0.717) is 12.5 Å². The van der Waals surface area contributed by atoms with Gasteiger partial charge in [-0.05, 0) is 41.2 Å². The molecular weight excluding hydrogens is 226 g/mol. The maximum Gasteiger partial charge on any atom is 0.221 e. The lowest BCUT2D eigenvalue weighted by Gasteiger charge is -2.23. The summed E-state index contributed by atoms with van der Waals surface area (Å²) in [4.78, 5) is 13.9. The average Bonchev–Trinajstić information content (AvgIpc) is 2.26. The molecule has 0 aromatic carbocycles. The quantitative estimate of drug-likeness (QED) is 0.694. The van der Waals surface area contributed by atoms with Gasteiger partial charge in [-0.15, -0.1) is 0 Å². The maximum absolute atomic E-state index is 11.6. The van der Waals surface area contributed by atoms with Crippen molar-refractivity contribution in [2.45, 2.75) is 59.0 Å². The zero-order chi connectivity index (χ0) is 14.2. The Hall–Kier alpha value is -0.610. The Kier molecular flexibility index (Phi) is 8.20. The van der Waals surface area contributed by atoms with E-state index in [4.69, 9.17) is 0 Å².